The minimum absolute atomic E-state index is 0.100. The second-order valence-electron chi connectivity index (χ2n) is 10.9. The Bertz CT molecular complexity index is 1540. The first-order chi connectivity index (χ1) is 20.5. The lowest BCUT2D eigenvalue weighted by atomic mass is 10.1. The predicted octanol–water partition coefficient (Wildman–Crippen LogP) is 5.09. The minimum Gasteiger partial charge on any atom is -0.496 e. The van der Waals surface area contributed by atoms with Gasteiger partial charge in [-0.2, -0.15) is 9.97 Å². The first-order valence-electron chi connectivity index (χ1n) is 14.5. The molecule has 2 saturated heterocycles. The molecular formula is C32H37ClN6O3. The van der Waals surface area contributed by atoms with E-state index in [1.807, 2.05) is 36.4 Å². The molecule has 0 bridgehead atoms. The van der Waals surface area contributed by atoms with Gasteiger partial charge in [-0.15, -0.1) is 0 Å². The summed E-state index contributed by atoms with van der Waals surface area (Å²) in [6, 6.07) is 18.2. The largest absolute Gasteiger partial charge is 0.496 e. The zero-order chi connectivity index (χ0) is 29.1. The normalized spacial score (nSPS) is 19.3. The summed E-state index contributed by atoms with van der Waals surface area (Å²) in [6.07, 6.45) is 0.201. The van der Waals surface area contributed by atoms with Gasteiger partial charge in [0.1, 0.15) is 11.6 Å². The Morgan fingerprint density at radius 2 is 1.67 bits per heavy atom. The van der Waals surface area contributed by atoms with E-state index in [-0.39, 0.29) is 12.2 Å². The minimum atomic E-state index is 0.100. The number of morpholine rings is 2. The van der Waals surface area contributed by atoms with E-state index >= 15 is 0 Å². The number of hydrogen-bond acceptors (Lipinski definition) is 9. The summed E-state index contributed by atoms with van der Waals surface area (Å²) in [6.45, 7) is 9.86. The maximum atomic E-state index is 6.35. The van der Waals surface area contributed by atoms with Crippen LogP contribution in [0.15, 0.2) is 54.6 Å². The third-order valence-electron chi connectivity index (χ3n) is 7.71. The molecule has 0 spiro atoms. The van der Waals surface area contributed by atoms with Gasteiger partial charge in [0.15, 0.2) is 5.65 Å². The topological polar surface area (TPSA) is 84.9 Å². The van der Waals surface area contributed by atoms with Crippen LogP contribution in [0.4, 0.5) is 11.8 Å². The first kappa shape index (κ1) is 28.6. The van der Waals surface area contributed by atoms with Crippen LogP contribution in [0, 0.1) is 0 Å². The number of benzene rings is 2. The van der Waals surface area contributed by atoms with Crippen LogP contribution in [-0.2, 0) is 22.6 Å². The standard InChI is InChI=1S/C32H37ClN6O3/c1-21-19-39(20-22(2)42-21)32-36-30-26(31(37-32)38-12-14-41-15-13-38)9-10-28(35-30)23-8-11-29(40-3)25(16-23)18-34-17-24-6-4-5-7-27(24)33/h4-11,16,21-22,34H,12-15,17-20H2,1-3H3. The Kier molecular flexibility index (Phi) is 8.71. The number of halogens is 1. The highest BCUT2D eigenvalue weighted by molar-refractivity contribution is 6.31. The molecule has 0 saturated carbocycles. The number of fused-ring (bicyclic) bond motifs is 1. The second kappa shape index (κ2) is 12.8. The molecule has 4 heterocycles. The van der Waals surface area contributed by atoms with Gasteiger partial charge in [-0.05, 0) is 55.8 Å². The van der Waals surface area contributed by atoms with Crippen molar-refractivity contribution < 1.29 is 14.2 Å². The molecule has 2 aromatic carbocycles. The fourth-order valence-corrected chi connectivity index (χ4v) is 5.89. The van der Waals surface area contributed by atoms with Crippen molar-refractivity contribution >= 4 is 34.4 Å². The maximum absolute atomic E-state index is 6.35. The molecule has 0 radical (unpaired) electrons. The molecule has 0 aliphatic carbocycles. The van der Waals surface area contributed by atoms with E-state index in [1.165, 1.54) is 0 Å². The summed E-state index contributed by atoms with van der Waals surface area (Å²) in [4.78, 5) is 19.7. The monoisotopic (exact) mass is 588 g/mol. The molecule has 1 N–H and O–H groups in total. The smallest absolute Gasteiger partial charge is 0.229 e. The average Bonchev–Trinajstić information content (AvgIpc) is 3.01. The summed E-state index contributed by atoms with van der Waals surface area (Å²) in [5.41, 5.74) is 4.62. The van der Waals surface area contributed by atoms with Crippen LogP contribution >= 0.6 is 11.6 Å². The van der Waals surface area contributed by atoms with E-state index in [0.29, 0.717) is 37.9 Å². The summed E-state index contributed by atoms with van der Waals surface area (Å²) in [5.74, 6) is 2.42. The Morgan fingerprint density at radius 1 is 0.905 bits per heavy atom. The van der Waals surface area contributed by atoms with E-state index in [9.17, 15) is 0 Å². The van der Waals surface area contributed by atoms with Crippen molar-refractivity contribution in [2.75, 3.05) is 56.3 Å². The lowest BCUT2D eigenvalue weighted by Gasteiger charge is -2.36. The molecule has 2 aromatic heterocycles. The predicted molar refractivity (Wildman–Crippen MR) is 167 cm³/mol. The number of anilines is 2. The summed E-state index contributed by atoms with van der Waals surface area (Å²) in [5, 5.41) is 5.19. The molecule has 42 heavy (non-hydrogen) atoms. The number of methoxy groups -OCH3 is 1. The van der Waals surface area contributed by atoms with Gasteiger partial charge < -0.3 is 29.3 Å². The van der Waals surface area contributed by atoms with Crippen molar-refractivity contribution in [1.29, 1.82) is 0 Å². The molecule has 0 amide bonds. The number of nitrogens with one attached hydrogen (secondary N) is 1. The van der Waals surface area contributed by atoms with Gasteiger partial charge >= 0.3 is 0 Å². The van der Waals surface area contributed by atoms with Crippen LogP contribution in [0.3, 0.4) is 0 Å². The molecule has 2 aliphatic rings. The van der Waals surface area contributed by atoms with Gasteiger partial charge in [0.05, 0.1) is 43.6 Å². The van der Waals surface area contributed by atoms with Crippen molar-refractivity contribution in [3.8, 4) is 17.0 Å². The van der Waals surface area contributed by atoms with Crippen LogP contribution < -0.4 is 19.9 Å². The molecule has 220 valence electrons. The molecule has 2 atom stereocenters. The van der Waals surface area contributed by atoms with Crippen LogP contribution in [-0.4, -0.2) is 73.7 Å². The average molecular weight is 589 g/mol. The number of ether oxygens (including phenoxy) is 3. The van der Waals surface area contributed by atoms with Crippen molar-refractivity contribution in [2.45, 2.75) is 39.1 Å². The lowest BCUT2D eigenvalue weighted by molar-refractivity contribution is -0.00570. The first-order valence-corrected chi connectivity index (χ1v) is 14.9. The van der Waals surface area contributed by atoms with E-state index in [4.69, 9.17) is 40.8 Å². The lowest BCUT2D eigenvalue weighted by Crippen LogP contribution is -2.46. The fraction of sp³-hybridized carbons (Fsp3) is 0.406. The zero-order valence-electron chi connectivity index (χ0n) is 24.3. The van der Waals surface area contributed by atoms with Crippen molar-refractivity contribution in [3.05, 3.63) is 70.7 Å². The summed E-state index contributed by atoms with van der Waals surface area (Å²) in [7, 11) is 1.69. The Hall–Kier alpha value is -3.50. The van der Waals surface area contributed by atoms with Crippen LogP contribution in [0.1, 0.15) is 25.0 Å². The van der Waals surface area contributed by atoms with Crippen molar-refractivity contribution in [1.82, 2.24) is 20.3 Å². The third kappa shape index (κ3) is 6.29. The quantitative estimate of drug-likeness (QED) is 0.302. The molecular weight excluding hydrogens is 552 g/mol. The Balaban J connectivity index is 1.33. The van der Waals surface area contributed by atoms with E-state index in [0.717, 1.165) is 70.5 Å². The van der Waals surface area contributed by atoms with Crippen molar-refractivity contribution in [3.63, 3.8) is 0 Å². The SMILES string of the molecule is COc1ccc(-c2ccc3c(N4CCOCC4)nc(N4CC(C)OC(C)C4)nc3n2)cc1CNCc1ccccc1Cl. The fourth-order valence-electron chi connectivity index (χ4n) is 5.69. The molecule has 9 nitrogen and oxygen atoms in total. The van der Waals surface area contributed by atoms with Crippen LogP contribution in [0.2, 0.25) is 5.02 Å². The number of nitrogens with zero attached hydrogens (tertiary/aromatic N) is 5. The van der Waals surface area contributed by atoms with E-state index < -0.39 is 0 Å². The van der Waals surface area contributed by atoms with Gasteiger partial charge in [-0.3, -0.25) is 0 Å². The van der Waals surface area contributed by atoms with Gasteiger partial charge in [0, 0.05) is 55.4 Å². The van der Waals surface area contributed by atoms with Crippen LogP contribution in [0.5, 0.6) is 5.75 Å². The summed E-state index contributed by atoms with van der Waals surface area (Å²) < 4.78 is 17.3. The molecule has 6 rings (SSSR count). The molecule has 2 aliphatic heterocycles. The highest BCUT2D eigenvalue weighted by Crippen LogP contribution is 2.31. The number of hydrogen-bond donors (Lipinski definition) is 1. The van der Waals surface area contributed by atoms with Gasteiger partial charge in [0.25, 0.3) is 0 Å². The second-order valence-corrected chi connectivity index (χ2v) is 11.3. The number of rotatable bonds is 8. The number of aromatic nitrogens is 3. The van der Waals surface area contributed by atoms with Gasteiger partial charge in [-0.25, -0.2) is 4.98 Å². The highest BCUT2D eigenvalue weighted by Gasteiger charge is 2.27. The molecule has 2 fully saturated rings. The van der Waals surface area contributed by atoms with E-state index in [1.54, 1.807) is 7.11 Å². The zero-order valence-corrected chi connectivity index (χ0v) is 25.1. The Labute approximate surface area is 251 Å². The highest BCUT2D eigenvalue weighted by atomic mass is 35.5. The number of pyridine rings is 1. The molecule has 4 aromatic rings. The molecule has 10 heteroatoms. The third-order valence-corrected chi connectivity index (χ3v) is 8.07. The summed E-state index contributed by atoms with van der Waals surface area (Å²) >= 11 is 6.35. The Morgan fingerprint density at radius 3 is 2.43 bits per heavy atom. The van der Waals surface area contributed by atoms with E-state index in [2.05, 4.69) is 47.2 Å². The van der Waals surface area contributed by atoms with Gasteiger partial charge in [-0.1, -0.05) is 29.8 Å². The van der Waals surface area contributed by atoms with Gasteiger partial charge in [0.2, 0.25) is 5.95 Å². The molecule has 2 unspecified atom stereocenters. The van der Waals surface area contributed by atoms with Crippen molar-refractivity contribution in [2.24, 2.45) is 0 Å². The maximum Gasteiger partial charge on any atom is 0.229 e. The van der Waals surface area contributed by atoms with Crippen LogP contribution in [0.25, 0.3) is 22.3 Å².